The van der Waals surface area contributed by atoms with E-state index in [1.807, 2.05) is 31.3 Å². The minimum atomic E-state index is -0.872. The van der Waals surface area contributed by atoms with E-state index in [0.29, 0.717) is 24.6 Å². The molecule has 3 aromatic rings. The number of carbonyl (C=O) groups is 1. The zero-order valence-corrected chi connectivity index (χ0v) is 22.5. The first-order chi connectivity index (χ1) is 18.3. The van der Waals surface area contributed by atoms with Gasteiger partial charge in [0.05, 0.1) is 23.7 Å². The Hall–Kier alpha value is -3.01. The van der Waals surface area contributed by atoms with Crippen molar-refractivity contribution in [2.45, 2.75) is 77.3 Å². The number of esters is 1. The molecule has 0 radical (unpaired) electrons. The van der Waals surface area contributed by atoms with Crippen LogP contribution >= 0.6 is 0 Å². The van der Waals surface area contributed by atoms with Crippen LogP contribution in [0.25, 0.3) is 22.4 Å². The van der Waals surface area contributed by atoms with Gasteiger partial charge in [-0.15, -0.1) is 0 Å². The second-order valence-corrected chi connectivity index (χ2v) is 10.9. The van der Waals surface area contributed by atoms with Gasteiger partial charge in [-0.25, -0.2) is 4.98 Å². The number of aliphatic hydroxyl groups is 1. The van der Waals surface area contributed by atoms with Gasteiger partial charge in [0.15, 0.2) is 0 Å². The fourth-order valence-electron chi connectivity index (χ4n) is 5.30. The number of nitrogens with one attached hydrogen (secondary N) is 1. The number of aliphatic hydroxyl groups excluding tert-OH is 1. The number of ether oxygens (including phenoxy) is 2. The standard InChI is InChI=1S/C29H38N4O5/c1-18-12-22(16-32(3)28(18)35)27-31-24-10-9-20(13-25(24)33(27)15-21-6-5-11-37-17-21)14-30-26(19(2)34)29(36)38-23-7-4-8-23/h9-10,12-13,16,19,21,23,26,30,34H,4-8,11,14-15,17H2,1-3H3/t19-,21?,26?/m1/s1. The highest BCUT2D eigenvalue weighted by Crippen LogP contribution is 2.29. The van der Waals surface area contributed by atoms with E-state index in [9.17, 15) is 14.7 Å². The van der Waals surface area contributed by atoms with Crippen LogP contribution in [0.1, 0.15) is 50.2 Å². The Morgan fingerprint density at radius 2 is 2.08 bits per heavy atom. The second kappa shape index (κ2) is 11.4. The number of aromatic nitrogens is 3. The van der Waals surface area contributed by atoms with Gasteiger partial charge in [-0.05, 0) is 69.7 Å². The highest BCUT2D eigenvalue weighted by molar-refractivity contribution is 5.81. The number of imidazole rings is 1. The van der Waals surface area contributed by atoms with Crippen molar-refractivity contribution in [3.63, 3.8) is 0 Å². The van der Waals surface area contributed by atoms with Gasteiger partial charge < -0.3 is 23.7 Å². The topological polar surface area (TPSA) is 108 Å². The third kappa shape index (κ3) is 5.70. The number of carbonyl (C=O) groups excluding carboxylic acids is 1. The summed E-state index contributed by atoms with van der Waals surface area (Å²) in [4.78, 5) is 29.9. The number of fused-ring (bicyclic) bond motifs is 1. The van der Waals surface area contributed by atoms with Crippen molar-refractivity contribution >= 4 is 17.0 Å². The van der Waals surface area contributed by atoms with E-state index >= 15 is 0 Å². The Labute approximate surface area is 222 Å². The largest absolute Gasteiger partial charge is 0.461 e. The second-order valence-electron chi connectivity index (χ2n) is 10.9. The molecule has 38 heavy (non-hydrogen) atoms. The molecule has 1 aliphatic heterocycles. The van der Waals surface area contributed by atoms with Gasteiger partial charge in [0, 0.05) is 50.0 Å². The lowest BCUT2D eigenvalue weighted by Gasteiger charge is -2.28. The monoisotopic (exact) mass is 522 g/mol. The Balaban J connectivity index is 1.45. The van der Waals surface area contributed by atoms with Crippen LogP contribution in [0.4, 0.5) is 0 Å². The Kier molecular flexibility index (Phi) is 7.97. The number of rotatable bonds is 9. The quantitative estimate of drug-likeness (QED) is 0.416. The van der Waals surface area contributed by atoms with Crippen molar-refractivity contribution in [2.24, 2.45) is 13.0 Å². The first-order valence-corrected chi connectivity index (χ1v) is 13.7. The SMILES string of the molecule is Cc1cc(-c2nc3ccc(CNC(C(=O)OC4CCC4)[C@@H](C)O)cc3n2CC2CCCOC2)cn(C)c1=O. The maximum atomic E-state index is 12.6. The molecule has 2 unspecified atom stereocenters. The Bertz CT molecular complexity index is 1320. The number of benzene rings is 1. The molecule has 0 bridgehead atoms. The Morgan fingerprint density at radius 3 is 2.74 bits per heavy atom. The van der Waals surface area contributed by atoms with E-state index in [1.165, 1.54) is 0 Å². The summed E-state index contributed by atoms with van der Waals surface area (Å²) in [5.41, 5.74) is 4.38. The van der Waals surface area contributed by atoms with Gasteiger partial charge in [-0.1, -0.05) is 6.07 Å². The summed E-state index contributed by atoms with van der Waals surface area (Å²) < 4.78 is 15.1. The molecular weight excluding hydrogens is 484 g/mol. The zero-order chi connectivity index (χ0) is 26.8. The molecule has 2 N–H and O–H groups in total. The number of aryl methyl sites for hydroxylation is 2. The van der Waals surface area contributed by atoms with Gasteiger partial charge in [-0.2, -0.15) is 0 Å². The van der Waals surface area contributed by atoms with E-state index in [2.05, 4.69) is 16.0 Å². The summed E-state index contributed by atoms with van der Waals surface area (Å²) in [6.07, 6.45) is 5.93. The van der Waals surface area contributed by atoms with Crippen molar-refractivity contribution in [2.75, 3.05) is 13.2 Å². The van der Waals surface area contributed by atoms with Gasteiger partial charge in [-0.3, -0.25) is 14.9 Å². The first kappa shape index (κ1) is 26.6. The average Bonchev–Trinajstić information content (AvgIpc) is 3.22. The maximum Gasteiger partial charge on any atom is 0.326 e. The number of pyridine rings is 1. The number of hydrogen-bond acceptors (Lipinski definition) is 7. The van der Waals surface area contributed by atoms with Crippen molar-refractivity contribution in [3.05, 3.63) is 51.9 Å². The first-order valence-electron chi connectivity index (χ1n) is 13.7. The van der Waals surface area contributed by atoms with E-state index < -0.39 is 18.1 Å². The number of nitrogens with zero attached hydrogens (tertiary/aromatic N) is 3. The normalized spacial score (nSPS) is 19.7. The highest BCUT2D eigenvalue weighted by atomic mass is 16.5. The third-order valence-corrected chi connectivity index (χ3v) is 7.73. The lowest BCUT2D eigenvalue weighted by molar-refractivity contribution is -0.158. The molecule has 9 nitrogen and oxygen atoms in total. The van der Waals surface area contributed by atoms with Crippen molar-refractivity contribution < 1.29 is 19.4 Å². The van der Waals surface area contributed by atoms with Crippen LogP contribution in [0.5, 0.6) is 0 Å². The van der Waals surface area contributed by atoms with Gasteiger partial charge in [0.2, 0.25) is 0 Å². The van der Waals surface area contributed by atoms with E-state index in [0.717, 1.165) is 73.2 Å². The molecule has 3 atom stereocenters. The van der Waals surface area contributed by atoms with Crippen LogP contribution < -0.4 is 10.9 Å². The van der Waals surface area contributed by atoms with Gasteiger partial charge in [0.25, 0.3) is 5.56 Å². The smallest absolute Gasteiger partial charge is 0.326 e. The molecule has 1 saturated heterocycles. The van der Waals surface area contributed by atoms with Crippen molar-refractivity contribution in [3.8, 4) is 11.4 Å². The predicted molar refractivity (Wildman–Crippen MR) is 145 cm³/mol. The molecule has 2 aliphatic rings. The molecular formula is C29H38N4O5. The molecule has 0 amide bonds. The Morgan fingerprint density at radius 1 is 1.26 bits per heavy atom. The molecule has 0 spiro atoms. The van der Waals surface area contributed by atoms with Crippen LogP contribution in [0.3, 0.4) is 0 Å². The molecule has 204 valence electrons. The van der Waals surface area contributed by atoms with Gasteiger partial charge in [0.1, 0.15) is 18.0 Å². The van der Waals surface area contributed by atoms with E-state index in [4.69, 9.17) is 14.5 Å². The van der Waals surface area contributed by atoms with Gasteiger partial charge >= 0.3 is 5.97 Å². The summed E-state index contributed by atoms with van der Waals surface area (Å²) in [6.45, 7) is 6.10. The molecule has 3 heterocycles. The fourth-order valence-corrected chi connectivity index (χ4v) is 5.30. The van der Waals surface area contributed by atoms with Crippen LogP contribution in [-0.2, 0) is 34.4 Å². The molecule has 1 aliphatic carbocycles. The lowest BCUT2D eigenvalue weighted by atomic mass is 9.96. The molecule has 5 rings (SSSR count). The molecule has 2 aromatic heterocycles. The predicted octanol–water partition coefficient (Wildman–Crippen LogP) is 3.07. The van der Waals surface area contributed by atoms with Crippen LogP contribution in [-0.4, -0.2) is 56.7 Å². The van der Waals surface area contributed by atoms with Crippen LogP contribution in [0.15, 0.2) is 35.3 Å². The van der Waals surface area contributed by atoms with Crippen molar-refractivity contribution in [1.29, 1.82) is 0 Å². The summed E-state index contributed by atoms with van der Waals surface area (Å²) >= 11 is 0. The minimum absolute atomic E-state index is 0.0195. The maximum absolute atomic E-state index is 12.6. The van der Waals surface area contributed by atoms with E-state index in [1.54, 1.807) is 18.5 Å². The fraction of sp³-hybridized carbons (Fsp3) is 0.552. The lowest BCUT2D eigenvalue weighted by Crippen LogP contribution is -2.47. The zero-order valence-electron chi connectivity index (χ0n) is 22.5. The highest BCUT2D eigenvalue weighted by Gasteiger charge is 2.30. The molecule has 1 aromatic carbocycles. The van der Waals surface area contributed by atoms with Crippen LogP contribution in [0, 0.1) is 12.8 Å². The third-order valence-electron chi connectivity index (χ3n) is 7.73. The molecule has 9 heteroatoms. The van der Waals surface area contributed by atoms with Crippen LogP contribution in [0.2, 0.25) is 0 Å². The minimum Gasteiger partial charge on any atom is -0.461 e. The summed E-state index contributed by atoms with van der Waals surface area (Å²) in [7, 11) is 1.76. The summed E-state index contributed by atoms with van der Waals surface area (Å²) in [5.74, 6) is 0.789. The van der Waals surface area contributed by atoms with Crippen molar-refractivity contribution in [1.82, 2.24) is 19.4 Å². The average molecular weight is 523 g/mol. The molecule has 1 saturated carbocycles. The summed E-state index contributed by atoms with van der Waals surface area (Å²) in [6, 6.07) is 7.18. The summed E-state index contributed by atoms with van der Waals surface area (Å²) in [5, 5.41) is 13.4. The number of hydrogen-bond donors (Lipinski definition) is 2. The molecule has 2 fully saturated rings. The van der Waals surface area contributed by atoms with E-state index in [-0.39, 0.29) is 11.7 Å².